The molecule has 0 spiro atoms. The molecular weight excluding hydrogens is 326 g/mol. The molecule has 0 unspecified atom stereocenters. The molecule has 5 aliphatic rings. The van der Waals surface area contributed by atoms with Gasteiger partial charge in [0.05, 0.1) is 5.75 Å². The number of hydrogen-bond donors (Lipinski definition) is 1. The zero-order chi connectivity index (χ0) is 15.4. The first kappa shape index (κ1) is 14.7. The molecule has 4 nitrogen and oxygen atoms in total. The third-order valence-corrected chi connectivity index (χ3v) is 8.26. The number of nitrogens with zero attached hydrogens (tertiary/aromatic N) is 2. The quantitative estimate of drug-likeness (QED) is 0.787. The van der Waals surface area contributed by atoms with Gasteiger partial charge in [-0.05, 0) is 69.1 Å². The number of thioether (sulfide) groups is 1. The largest absolute Gasteiger partial charge is 0.357 e. The van der Waals surface area contributed by atoms with Crippen molar-refractivity contribution in [1.82, 2.24) is 10.2 Å². The highest BCUT2D eigenvalue weighted by molar-refractivity contribution is 8.01. The van der Waals surface area contributed by atoms with Crippen molar-refractivity contribution in [2.45, 2.75) is 61.7 Å². The highest BCUT2D eigenvalue weighted by atomic mass is 32.2. The number of carbonyl (C=O) groups is 1. The molecule has 0 atom stereocenters. The van der Waals surface area contributed by atoms with Crippen molar-refractivity contribution < 1.29 is 4.79 Å². The Morgan fingerprint density at radius 3 is 2.39 bits per heavy atom. The fourth-order valence-electron chi connectivity index (χ4n) is 5.46. The second-order valence-electron chi connectivity index (χ2n) is 8.20. The zero-order valence-corrected chi connectivity index (χ0v) is 14.9. The van der Waals surface area contributed by atoms with Gasteiger partial charge in [0.25, 0.3) is 0 Å². The Morgan fingerprint density at radius 2 is 1.78 bits per heavy atom. The lowest BCUT2D eigenvalue weighted by Crippen LogP contribution is -2.50. The number of nitrogens with one attached hydrogen (secondary N) is 1. The van der Waals surface area contributed by atoms with E-state index in [0.29, 0.717) is 17.6 Å². The van der Waals surface area contributed by atoms with E-state index in [9.17, 15) is 4.79 Å². The lowest BCUT2D eigenvalue weighted by atomic mass is 9.48. The highest BCUT2D eigenvalue weighted by Crippen LogP contribution is 2.60. The van der Waals surface area contributed by atoms with Crippen LogP contribution in [0.4, 0.5) is 5.13 Å². The third kappa shape index (κ3) is 2.82. The molecule has 23 heavy (non-hydrogen) atoms. The van der Waals surface area contributed by atoms with Gasteiger partial charge in [-0.25, -0.2) is 0 Å². The molecule has 124 valence electrons. The maximum absolute atomic E-state index is 13.0. The predicted molar refractivity (Wildman–Crippen MR) is 92.9 cm³/mol. The van der Waals surface area contributed by atoms with Crippen LogP contribution in [0.15, 0.2) is 4.34 Å². The van der Waals surface area contributed by atoms with Crippen LogP contribution in [0.1, 0.15) is 51.4 Å². The number of aromatic nitrogens is 2. The van der Waals surface area contributed by atoms with E-state index in [1.54, 1.807) is 23.1 Å². The summed E-state index contributed by atoms with van der Waals surface area (Å²) in [7, 11) is 0. The molecule has 0 aromatic carbocycles. The van der Waals surface area contributed by atoms with E-state index in [1.807, 2.05) is 0 Å². The first-order chi connectivity index (χ1) is 11.2. The smallest absolute Gasteiger partial charge is 0.206 e. The Balaban J connectivity index is 1.22. The summed E-state index contributed by atoms with van der Waals surface area (Å²) in [5.74, 6) is 3.60. The minimum Gasteiger partial charge on any atom is -0.357 e. The van der Waals surface area contributed by atoms with Crippen molar-refractivity contribution in [2.75, 3.05) is 11.1 Å². The summed E-state index contributed by atoms with van der Waals surface area (Å²) in [5, 5.41) is 12.7. The maximum Gasteiger partial charge on any atom is 0.206 e. The first-order valence-electron chi connectivity index (χ1n) is 8.95. The molecule has 4 bridgehead atoms. The Labute approximate surface area is 145 Å². The van der Waals surface area contributed by atoms with Crippen molar-refractivity contribution >= 4 is 34.0 Å². The zero-order valence-electron chi connectivity index (χ0n) is 13.3. The number of carbonyl (C=O) groups excluding carboxylic acids is 1. The van der Waals surface area contributed by atoms with Crippen LogP contribution in [0, 0.1) is 23.2 Å². The summed E-state index contributed by atoms with van der Waals surface area (Å²) in [4.78, 5) is 13.0. The molecule has 6 heteroatoms. The predicted octanol–water partition coefficient (Wildman–Crippen LogP) is 3.99. The van der Waals surface area contributed by atoms with E-state index in [2.05, 4.69) is 15.5 Å². The van der Waals surface area contributed by atoms with Gasteiger partial charge in [0.2, 0.25) is 5.13 Å². The second kappa shape index (κ2) is 5.45. The van der Waals surface area contributed by atoms with Crippen LogP contribution < -0.4 is 5.32 Å². The number of ketones is 1. The molecule has 5 saturated carbocycles. The average Bonchev–Trinajstić information content (AvgIpc) is 3.20. The Bertz CT molecular complexity index is 590. The molecule has 5 aliphatic carbocycles. The molecule has 0 saturated heterocycles. The van der Waals surface area contributed by atoms with Gasteiger partial charge in [-0.3, -0.25) is 4.79 Å². The number of Topliss-reactive ketones (excluding diaryl/α,β-unsaturated/α-hetero) is 1. The van der Waals surface area contributed by atoms with E-state index in [0.717, 1.165) is 27.2 Å². The summed E-state index contributed by atoms with van der Waals surface area (Å²) in [6.07, 6.45) is 10.2. The first-order valence-corrected chi connectivity index (χ1v) is 10.7. The summed E-state index contributed by atoms with van der Waals surface area (Å²) >= 11 is 3.20. The summed E-state index contributed by atoms with van der Waals surface area (Å²) < 4.78 is 0.936. The van der Waals surface area contributed by atoms with Crippen LogP contribution in [0.2, 0.25) is 0 Å². The van der Waals surface area contributed by atoms with Crippen molar-refractivity contribution in [3.63, 3.8) is 0 Å². The summed E-state index contributed by atoms with van der Waals surface area (Å²) in [5.41, 5.74) is 0.0293. The third-order valence-electron chi connectivity index (χ3n) is 6.27. The van der Waals surface area contributed by atoms with Gasteiger partial charge in [0, 0.05) is 11.5 Å². The number of anilines is 1. The van der Waals surface area contributed by atoms with Gasteiger partial charge >= 0.3 is 0 Å². The van der Waals surface area contributed by atoms with Gasteiger partial charge in [-0.2, -0.15) is 0 Å². The highest BCUT2D eigenvalue weighted by Gasteiger charge is 2.54. The second-order valence-corrected chi connectivity index (χ2v) is 10.4. The molecule has 0 radical (unpaired) electrons. The van der Waals surface area contributed by atoms with Crippen LogP contribution in [0.25, 0.3) is 0 Å². The van der Waals surface area contributed by atoms with E-state index >= 15 is 0 Å². The lowest BCUT2D eigenvalue weighted by molar-refractivity contribution is -0.141. The Kier molecular flexibility index (Phi) is 3.48. The fourth-order valence-corrected chi connectivity index (χ4v) is 7.32. The SMILES string of the molecule is O=C(CSc1nnc(NC2CC2)s1)C12CC3CC(CC(C3)C1)C2. The number of rotatable bonds is 6. The van der Waals surface area contributed by atoms with Gasteiger partial charge in [0.15, 0.2) is 4.34 Å². The van der Waals surface area contributed by atoms with Crippen LogP contribution >= 0.6 is 23.1 Å². The molecule has 0 amide bonds. The van der Waals surface area contributed by atoms with Crippen LogP contribution in [0.3, 0.4) is 0 Å². The van der Waals surface area contributed by atoms with Crippen LogP contribution in [-0.2, 0) is 4.79 Å². The molecule has 1 N–H and O–H groups in total. The van der Waals surface area contributed by atoms with Gasteiger partial charge < -0.3 is 5.32 Å². The average molecular weight is 350 g/mol. The van der Waals surface area contributed by atoms with Crippen molar-refractivity contribution in [1.29, 1.82) is 0 Å². The van der Waals surface area contributed by atoms with Crippen molar-refractivity contribution in [3.05, 3.63) is 0 Å². The topological polar surface area (TPSA) is 54.9 Å². The molecule has 0 aliphatic heterocycles. The molecule has 6 rings (SSSR count). The molecule has 5 fully saturated rings. The van der Waals surface area contributed by atoms with Gasteiger partial charge in [0.1, 0.15) is 5.78 Å². The minimum absolute atomic E-state index is 0.0293. The van der Waals surface area contributed by atoms with Gasteiger partial charge in [-0.15, -0.1) is 10.2 Å². The van der Waals surface area contributed by atoms with Crippen molar-refractivity contribution in [3.8, 4) is 0 Å². The Hall–Kier alpha value is -0.620. The molecule has 1 aromatic rings. The van der Waals surface area contributed by atoms with E-state index in [1.165, 1.54) is 51.4 Å². The van der Waals surface area contributed by atoms with Crippen molar-refractivity contribution in [2.24, 2.45) is 23.2 Å². The maximum atomic E-state index is 13.0. The number of hydrogen-bond acceptors (Lipinski definition) is 6. The summed E-state index contributed by atoms with van der Waals surface area (Å²) in [6.45, 7) is 0. The van der Waals surface area contributed by atoms with Crippen LogP contribution in [0.5, 0.6) is 0 Å². The molecule has 1 heterocycles. The standard InChI is InChI=1S/C17H23N3OS2/c21-14(9-22-16-20-19-15(23-16)18-13-1-2-13)17-6-10-3-11(7-17)5-12(4-10)8-17/h10-13H,1-9H2,(H,18,19). The van der Waals surface area contributed by atoms with E-state index < -0.39 is 0 Å². The van der Waals surface area contributed by atoms with E-state index in [-0.39, 0.29) is 5.41 Å². The fraction of sp³-hybridized carbons (Fsp3) is 0.824. The lowest BCUT2D eigenvalue weighted by Gasteiger charge is -2.56. The Morgan fingerprint density at radius 1 is 1.13 bits per heavy atom. The van der Waals surface area contributed by atoms with E-state index in [4.69, 9.17) is 0 Å². The monoisotopic (exact) mass is 349 g/mol. The molecule has 1 aromatic heterocycles. The normalized spacial score (nSPS) is 38.0. The molecular formula is C17H23N3OS2. The summed E-state index contributed by atoms with van der Waals surface area (Å²) in [6, 6.07) is 0.606. The minimum atomic E-state index is 0.0293. The van der Waals surface area contributed by atoms with Gasteiger partial charge in [-0.1, -0.05) is 23.1 Å². The van der Waals surface area contributed by atoms with Crippen LogP contribution in [-0.4, -0.2) is 27.8 Å².